The van der Waals surface area contributed by atoms with Gasteiger partial charge in [-0.15, -0.1) is 0 Å². The standard InChI is InChI=1S/C45H50N4O4/c1-33-42(31-49-26-24-48(25-27-49)30-35-12-6-3-7-13-35)52-44(53-43(33)38-18-16-36(32-50)17-19-38)39-22-20-37(21-23-39)41-15-9-8-14-40(41)29-47-45(51)46-28-34-10-4-2-5-11-34/h2-23,33,42-44,50H,24-32H2,1H3,(H2,46,47,51)/t33-,42+,43+,44+/m1/s1. The number of carbonyl (C=O) groups excluding carboxylic acids is 1. The van der Waals surface area contributed by atoms with Crippen molar-refractivity contribution in [2.45, 2.75) is 51.7 Å². The number of ether oxygens (including phenoxy) is 2. The molecule has 0 unspecified atom stereocenters. The average molecular weight is 711 g/mol. The molecule has 2 aliphatic heterocycles. The van der Waals surface area contributed by atoms with Crippen LogP contribution in [0.1, 0.15) is 52.7 Å². The van der Waals surface area contributed by atoms with Crippen LogP contribution in [0.2, 0.25) is 0 Å². The van der Waals surface area contributed by atoms with E-state index < -0.39 is 6.29 Å². The highest BCUT2D eigenvalue weighted by Gasteiger charge is 2.39. The molecule has 5 aromatic rings. The summed E-state index contributed by atoms with van der Waals surface area (Å²) in [6.07, 6.45) is -0.723. The van der Waals surface area contributed by atoms with E-state index in [1.165, 1.54) is 5.56 Å². The van der Waals surface area contributed by atoms with Crippen molar-refractivity contribution in [3.8, 4) is 11.1 Å². The molecule has 2 heterocycles. The molecule has 4 atom stereocenters. The van der Waals surface area contributed by atoms with E-state index in [-0.39, 0.29) is 30.8 Å². The number of amides is 2. The van der Waals surface area contributed by atoms with E-state index in [0.29, 0.717) is 13.1 Å². The number of hydrogen-bond acceptors (Lipinski definition) is 6. The monoisotopic (exact) mass is 710 g/mol. The quantitative estimate of drug-likeness (QED) is 0.125. The molecule has 0 aromatic heterocycles. The Balaban J connectivity index is 1.02. The highest BCUT2D eigenvalue weighted by atomic mass is 16.7. The highest BCUT2D eigenvalue weighted by Crippen LogP contribution is 2.42. The van der Waals surface area contributed by atoms with Crippen molar-refractivity contribution in [3.05, 3.63) is 167 Å². The molecule has 7 rings (SSSR count). The van der Waals surface area contributed by atoms with Crippen LogP contribution in [0.15, 0.2) is 133 Å². The molecular weight excluding hydrogens is 661 g/mol. The maximum Gasteiger partial charge on any atom is 0.315 e. The summed E-state index contributed by atoms with van der Waals surface area (Å²) in [5, 5.41) is 15.6. The minimum Gasteiger partial charge on any atom is -0.392 e. The number of carbonyl (C=O) groups is 1. The van der Waals surface area contributed by atoms with E-state index in [4.69, 9.17) is 9.47 Å². The lowest BCUT2D eigenvalue weighted by Crippen LogP contribution is -2.51. The summed E-state index contributed by atoms with van der Waals surface area (Å²) in [5.41, 5.74) is 8.50. The number of nitrogens with one attached hydrogen (secondary N) is 2. The molecule has 8 nitrogen and oxygen atoms in total. The first kappa shape index (κ1) is 36.5. The second-order valence-electron chi connectivity index (χ2n) is 14.2. The summed E-state index contributed by atoms with van der Waals surface area (Å²) in [6, 6.07) is 45.1. The Morgan fingerprint density at radius 2 is 1.26 bits per heavy atom. The number of hydrogen-bond donors (Lipinski definition) is 3. The zero-order valence-electron chi connectivity index (χ0n) is 30.4. The summed E-state index contributed by atoms with van der Waals surface area (Å²) in [7, 11) is 0. The minimum atomic E-state index is -0.530. The Kier molecular flexibility index (Phi) is 12.3. The van der Waals surface area contributed by atoms with Crippen LogP contribution in [0.25, 0.3) is 11.1 Å². The molecule has 0 radical (unpaired) electrons. The fourth-order valence-corrected chi connectivity index (χ4v) is 7.35. The van der Waals surface area contributed by atoms with Crippen molar-refractivity contribution < 1.29 is 19.4 Å². The number of urea groups is 1. The predicted octanol–water partition coefficient (Wildman–Crippen LogP) is 7.45. The summed E-state index contributed by atoms with van der Waals surface area (Å²) in [5.74, 6) is 0.122. The lowest BCUT2D eigenvalue weighted by atomic mass is 9.89. The number of nitrogens with zero attached hydrogens (tertiary/aromatic N) is 2. The van der Waals surface area contributed by atoms with E-state index >= 15 is 0 Å². The molecule has 2 amide bonds. The fourth-order valence-electron chi connectivity index (χ4n) is 7.35. The fraction of sp³-hybridized carbons (Fsp3) is 0.311. The second-order valence-corrected chi connectivity index (χ2v) is 14.2. The third-order valence-electron chi connectivity index (χ3n) is 10.5. The summed E-state index contributed by atoms with van der Waals surface area (Å²) < 4.78 is 13.6. The number of rotatable bonds is 12. The van der Waals surface area contributed by atoms with Gasteiger partial charge in [0.15, 0.2) is 6.29 Å². The number of aliphatic hydroxyl groups excluding tert-OH is 1. The van der Waals surface area contributed by atoms with Gasteiger partial charge in [0.2, 0.25) is 0 Å². The van der Waals surface area contributed by atoms with Crippen LogP contribution in [0, 0.1) is 5.92 Å². The van der Waals surface area contributed by atoms with Gasteiger partial charge in [-0.1, -0.05) is 140 Å². The predicted molar refractivity (Wildman–Crippen MR) is 209 cm³/mol. The second kappa shape index (κ2) is 17.8. The van der Waals surface area contributed by atoms with Crippen LogP contribution in [0.3, 0.4) is 0 Å². The largest absolute Gasteiger partial charge is 0.392 e. The van der Waals surface area contributed by atoms with Gasteiger partial charge in [-0.2, -0.15) is 0 Å². The van der Waals surface area contributed by atoms with Gasteiger partial charge in [-0.05, 0) is 38.9 Å². The molecule has 2 saturated heterocycles. The first-order valence-electron chi connectivity index (χ1n) is 18.8. The molecule has 2 aliphatic rings. The van der Waals surface area contributed by atoms with Gasteiger partial charge in [-0.3, -0.25) is 9.80 Å². The average Bonchev–Trinajstić information content (AvgIpc) is 3.22. The third kappa shape index (κ3) is 9.59. The first-order valence-corrected chi connectivity index (χ1v) is 18.8. The van der Waals surface area contributed by atoms with Gasteiger partial charge in [0.05, 0.1) is 18.8 Å². The molecule has 274 valence electrons. The zero-order valence-corrected chi connectivity index (χ0v) is 30.4. The Bertz CT molecular complexity index is 1880. The molecular formula is C45H50N4O4. The van der Waals surface area contributed by atoms with Crippen molar-refractivity contribution in [2.24, 2.45) is 5.92 Å². The minimum absolute atomic E-state index is 0.0129. The van der Waals surface area contributed by atoms with Crippen LogP contribution >= 0.6 is 0 Å². The van der Waals surface area contributed by atoms with Gasteiger partial charge < -0.3 is 25.2 Å². The van der Waals surface area contributed by atoms with Gasteiger partial charge >= 0.3 is 6.03 Å². The van der Waals surface area contributed by atoms with Gasteiger partial charge in [0, 0.05) is 63.8 Å². The molecule has 3 N–H and O–H groups in total. The van der Waals surface area contributed by atoms with E-state index in [1.807, 2.05) is 60.7 Å². The van der Waals surface area contributed by atoms with Crippen molar-refractivity contribution in [2.75, 3.05) is 32.7 Å². The number of benzene rings is 5. The van der Waals surface area contributed by atoms with Gasteiger partial charge in [-0.25, -0.2) is 4.79 Å². The van der Waals surface area contributed by atoms with Crippen LogP contribution in [0.4, 0.5) is 4.79 Å². The normalized spacial score (nSPS) is 20.9. The maximum atomic E-state index is 12.6. The molecule has 0 saturated carbocycles. The highest BCUT2D eigenvalue weighted by molar-refractivity contribution is 5.75. The summed E-state index contributed by atoms with van der Waals surface area (Å²) in [6.45, 7) is 8.99. The summed E-state index contributed by atoms with van der Waals surface area (Å²) in [4.78, 5) is 17.7. The maximum absolute atomic E-state index is 12.6. The molecule has 2 fully saturated rings. The third-order valence-corrected chi connectivity index (χ3v) is 10.5. The molecule has 0 bridgehead atoms. The van der Waals surface area contributed by atoms with Crippen LogP contribution in [0.5, 0.6) is 0 Å². The van der Waals surface area contributed by atoms with Crippen LogP contribution < -0.4 is 10.6 Å². The SMILES string of the molecule is C[C@@H]1[C@H](CN2CCN(Cc3ccccc3)CC2)O[C@H](c2ccc(-c3ccccc3CNC(=O)NCc3ccccc3)cc2)O[C@@H]1c1ccc(CO)cc1. The van der Waals surface area contributed by atoms with E-state index in [9.17, 15) is 9.90 Å². The molecule has 8 heteroatoms. The topological polar surface area (TPSA) is 86.3 Å². The van der Waals surface area contributed by atoms with Crippen molar-refractivity contribution in [3.63, 3.8) is 0 Å². The Hall–Kier alpha value is -4.83. The van der Waals surface area contributed by atoms with Gasteiger partial charge in [0.25, 0.3) is 0 Å². The van der Waals surface area contributed by atoms with Crippen molar-refractivity contribution in [1.82, 2.24) is 20.4 Å². The zero-order chi connectivity index (χ0) is 36.4. The van der Waals surface area contributed by atoms with Gasteiger partial charge in [0.1, 0.15) is 0 Å². The van der Waals surface area contributed by atoms with Crippen LogP contribution in [-0.2, 0) is 35.7 Å². The van der Waals surface area contributed by atoms with E-state index in [1.54, 1.807) is 0 Å². The Morgan fingerprint density at radius 3 is 1.96 bits per heavy atom. The molecule has 0 aliphatic carbocycles. The van der Waals surface area contributed by atoms with Crippen LogP contribution in [-0.4, -0.2) is 59.8 Å². The summed E-state index contributed by atoms with van der Waals surface area (Å²) >= 11 is 0. The Morgan fingerprint density at radius 1 is 0.660 bits per heavy atom. The first-order chi connectivity index (χ1) is 26.0. The van der Waals surface area contributed by atoms with E-state index in [2.05, 4.69) is 100 Å². The number of piperazine rings is 1. The lowest BCUT2D eigenvalue weighted by molar-refractivity contribution is -0.276. The number of aliphatic hydroxyl groups is 1. The molecule has 53 heavy (non-hydrogen) atoms. The lowest BCUT2D eigenvalue weighted by Gasteiger charge is -2.44. The van der Waals surface area contributed by atoms with Crippen molar-refractivity contribution >= 4 is 6.03 Å². The van der Waals surface area contributed by atoms with E-state index in [0.717, 1.165) is 78.2 Å². The Labute approximate surface area is 313 Å². The molecule has 5 aromatic carbocycles. The molecule has 0 spiro atoms. The van der Waals surface area contributed by atoms with Crippen molar-refractivity contribution in [1.29, 1.82) is 0 Å². The smallest absolute Gasteiger partial charge is 0.315 e.